The number of sulfonamides is 1. The molecule has 5 aliphatic rings. The largest absolute Gasteiger partial charge is 0.483 e. The first-order chi connectivity index (χ1) is 14.5. The van der Waals surface area contributed by atoms with Gasteiger partial charge in [-0.3, -0.25) is 4.79 Å². The van der Waals surface area contributed by atoms with Crippen molar-refractivity contribution in [1.82, 2.24) is 9.62 Å². The summed E-state index contributed by atoms with van der Waals surface area (Å²) in [5, 5.41) is -0.270. The van der Waals surface area contributed by atoms with Crippen molar-refractivity contribution in [2.24, 2.45) is 0 Å². The van der Waals surface area contributed by atoms with E-state index in [0.717, 1.165) is 44.3 Å². The average molecular weight is 435 g/mol. The van der Waals surface area contributed by atoms with Crippen molar-refractivity contribution in [3.63, 3.8) is 0 Å². The third-order valence-corrected chi connectivity index (χ3v) is 9.01. The van der Waals surface area contributed by atoms with Crippen molar-refractivity contribution >= 4 is 15.9 Å². The van der Waals surface area contributed by atoms with E-state index in [1.165, 1.54) is 5.56 Å². The first-order valence-electron chi connectivity index (χ1n) is 11.2. The van der Waals surface area contributed by atoms with Gasteiger partial charge in [0.15, 0.2) is 6.61 Å². The van der Waals surface area contributed by atoms with E-state index >= 15 is 0 Å². The number of fused-ring (bicyclic) bond motifs is 5. The molecule has 1 N–H and O–H groups in total. The first kappa shape index (κ1) is 20.3. The van der Waals surface area contributed by atoms with E-state index in [9.17, 15) is 13.2 Å². The average Bonchev–Trinajstić information content (AvgIpc) is 3.54. The molecule has 3 aliphatic heterocycles. The number of para-hydroxylation sites is 1. The minimum Gasteiger partial charge on any atom is -0.483 e. The molecule has 2 bridgehead atoms. The lowest BCUT2D eigenvalue weighted by Crippen LogP contribution is -2.51. The van der Waals surface area contributed by atoms with Crippen LogP contribution < -0.4 is 9.46 Å². The van der Waals surface area contributed by atoms with Crippen molar-refractivity contribution in [1.29, 1.82) is 0 Å². The standard InChI is InChI=1S/C22H30N2O5S/c25-22-14-29-21-4-2-1-3-18(21)15-5-7-16(8-6-15)28-13-20-19(11-12-24(20)22)23-30(26,27)17-9-10-17/h1-4,15-17,19-20,23H,5-14H2/t15?,16?,19-,20?/m0/s1. The summed E-state index contributed by atoms with van der Waals surface area (Å²) < 4.78 is 40.1. The summed E-state index contributed by atoms with van der Waals surface area (Å²) in [4.78, 5) is 14.8. The number of carbonyl (C=O) groups excluding carboxylic acids is 1. The van der Waals surface area contributed by atoms with Gasteiger partial charge < -0.3 is 14.4 Å². The van der Waals surface area contributed by atoms with E-state index in [1.54, 1.807) is 4.90 Å². The van der Waals surface area contributed by atoms with Crippen LogP contribution in [0.25, 0.3) is 0 Å². The van der Waals surface area contributed by atoms with E-state index in [1.807, 2.05) is 18.2 Å². The molecule has 2 saturated carbocycles. The quantitative estimate of drug-likeness (QED) is 0.788. The topological polar surface area (TPSA) is 84.9 Å². The van der Waals surface area contributed by atoms with Gasteiger partial charge in [-0.05, 0) is 62.5 Å². The van der Waals surface area contributed by atoms with Crippen LogP contribution in [0.15, 0.2) is 24.3 Å². The molecule has 0 aromatic heterocycles. The van der Waals surface area contributed by atoms with Crippen molar-refractivity contribution in [3.8, 4) is 5.75 Å². The Morgan fingerprint density at radius 1 is 1.00 bits per heavy atom. The highest BCUT2D eigenvalue weighted by atomic mass is 32.2. The maximum absolute atomic E-state index is 13.0. The number of benzene rings is 1. The number of hydrogen-bond acceptors (Lipinski definition) is 5. The van der Waals surface area contributed by atoms with Gasteiger partial charge in [-0.25, -0.2) is 13.1 Å². The first-order valence-corrected chi connectivity index (χ1v) is 12.7. The highest BCUT2D eigenvalue weighted by molar-refractivity contribution is 7.90. The molecule has 2 aliphatic carbocycles. The molecule has 1 aromatic rings. The van der Waals surface area contributed by atoms with Gasteiger partial charge in [0.25, 0.3) is 5.91 Å². The minimum atomic E-state index is -3.32. The Hall–Kier alpha value is -1.64. The van der Waals surface area contributed by atoms with Gasteiger partial charge in [0.2, 0.25) is 10.0 Å². The van der Waals surface area contributed by atoms with Crippen LogP contribution in [0.3, 0.4) is 0 Å². The summed E-state index contributed by atoms with van der Waals surface area (Å²) in [5.41, 5.74) is 1.18. The molecule has 3 fully saturated rings. The normalized spacial score (nSPS) is 32.4. The predicted octanol–water partition coefficient (Wildman–Crippen LogP) is 2.17. The van der Waals surface area contributed by atoms with Gasteiger partial charge in [0.1, 0.15) is 5.75 Å². The van der Waals surface area contributed by atoms with Crippen LogP contribution in [-0.2, 0) is 19.6 Å². The Kier molecular flexibility index (Phi) is 5.49. The van der Waals surface area contributed by atoms with Gasteiger partial charge in [-0.1, -0.05) is 18.2 Å². The molecule has 164 valence electrons. The van der Waals surface area contributed by atoms with Gasteiger partial charge in [-0.2, -0.15) is 0 Å². The number of nitrogens with one attached hydrogen (secondary N) is 1. The SMILES string of the molecule is O=C1COc2ccccc2C2CCC(CC2)OCC2[C@@H](NS(=O)(=O)C3CC3)CCN12. The molecule has 0 radical (unpaired) electrons. The molecule has 30 heavy (non-hydrogen) atoms. The van der Waals surface area contributed by atoms with Crippen molar-refractivity contribution in [3.05, 3.63) is 29.8 Å². The smallest absolute Gasteiger partial charge is 0.260 e. The van der Waals surface area contributed by atoms with Crippen LogP contribution >= 0.6 is 0 Å². The maximum atomic E-state index is 13.0. The van der Waals surface area contributed by atoms with Gasteiger partial charge in [-0.15, -0.1) is 0 Å². The second kappa shape index (κ2) is 8.13. The summed E-state index contributed by atoms with van der Waals surface area (Å²) in [6.45, 7) is 0.848. The Morgan fingerprint density at radius 3 is 2.53 bits per heavy atom. The lowest BCUT2D eigenvalue weighted by atomic mass is 9.82. The monoisotopic (exact) mass is 434 g/mol. The lowest BCUT2D eigenvalue weighted by molar-refractivity contribution is -0.136. The van der Waals surface area contributed by atoms with Crippen LogP contribution in [0.2, 0.25) is 0 Å². The molecule has 3 heterocycles. The molecule has 0 spiro atoms. The Balaban J connectivity index is 1.38. The third-order valence-electron chi connectivity index (χ3n) is 7.03. The van der Waals surface area contributed by atoms with Crippen molar-refractivity contribution in [2.75, 3.05) is 19.8 Å². The third kappa shape index (κ3) is 4.09. The lowest BCUT2D eigenvalue weighted by Gasteiger charge is -2.32. The molecular weight excluding hydrogens is 404 g/mol. The zero-order chi connectivity index (χ0) is 20.7. The van der Waals surface area contributed by atoms with Crippen LogP contribution in [-0.4, -0.2) is 62.4 Å². The molecule has 1 aromatic carbocycles. The molecule has 1 unspecified atom stereocenters. The molecule has 1 amide bonds. The molecule has 1 saturated heterocycles. The van der Waals surface area contributed by atoms with Crippen molar-refractivity contribution < 1.29 is 22.7 Å². The molecule has 7 nitrogen and oxygen atoms in total. The molecule has 6 rings (SSSR count). The molecular formula is C22H30N2O5S. The maximum Gasteiger partial charge on any atom is 0.260 e. The second-order valence-corrected chi connectivity index (χ2v) is 11.0. The van der Waals surface area contributed by atoms with E-state index < -0.39 is 10.0 Å². The summed E-state index contributed by atoms with van der Waals surface area (Å²) in [7, 11) is -3.32. The van der Waals surface area contributed by atoms with Gasteiger partial charge in [0, 0.05) is 12.6 Å². The van der Waals surface area contributed by atoms with E-state index in [-0.39, 0.29) is 36.0 Å². The molecule has 2 atom stereocenters. The summed E-state index contributed by atoms with van der Waals surface area (Å²) in [6, 6.07) is 7.43. The van der Waals surface area contributed by atoms with Crippen molar-refractivity contribution in [2.45, 2.75) is 74.3 Å². The second-order valence-electron chi connectivity index (χ2n) is 9.05. The number of rotatable bonds is 3. The number of nitrogens with zero attached hydrogens (tertiary/aromatic N) is 1. The van der Waals surface area contributed by atoms with E-state index in [0.29, 0.717) is 25.5 Å². The van der Waals surface area contributed by atoms with Crippen LogP contribution in [0.5, 0.6) is 5.75 Å². The Morgan fingerprint density at radius 2 is 1.77 bits per heavy atom. The fourth-order valence-corrected chi connectivity index (χ4v) is 6.79. The number of amides is 1. The fourth-order valence-electron chi connectivity index (χ4n) is 5.14. The van der Waals surface area contributed by atoms with E-state index in [4.69, 9.17) is 9.47 Å². The highest BCUT2D eigenvalue weighted by Gasteiger charge is 2.43. The highest BCUT2D eigenvalue weighted by Crippen LogP contribution is 2.39. The minimum absolute atomic E-state index is 0.0360. The molecule has 8 heteroatoms. The van der Waals surface area contributed by atoms with Crippen LogP contribution in [0.1, 0.15) is 56.4 Å². The zero-order valence-corrected chi connectivity index (χ0v) is 18.0. The van der Waals surface area contributed by atoms with Gasteiger partial charge >= 0.3 is 0 Å². The zero-order valence-electron chi connectivity index (χ0n) is 17.2. The summed E-state index contributed by atoms with van der Waals surface area (Å²) in [5.74, 6) is 1.10. The summed E-state index contributed by atoms with van der Waals surface area (Å²) >= 11 is 0. The Bertz CT molecular complexity index is 893. The summed E-state index contributed by atoms with van der Waals surface area (Å²) in [6.07, 6.45) is 6.22. The predicted molar refractivity (Wildman–Crippen MR) is 112 cm³/mol. The van der Waals surface area contributed by atoms with Gasteiger partial charge in [0.05, 0.1) is 24.0 Å². The Labute approximate surface area is 178 Å². The number of hydrogen-bond donors (Lipinski definition) is 1. The fraction of sp³-hybridized carbons (Fsp3) is 0.682. The number of carbonyl (C=O) groups is 1. The van der Waals surface area contributed by atoms with E-state index in [2.05, 4.69) is 10.8 Å². The number of ether oxygens (including phenoxy) is 2. The van der Waals surface area contributed by atoms with Crippen LogP contribution in [0.4, 0.5) is 0 Å². The van der Waals surface area contributed by atoms with Crippen LogP contribution in [0, 0.1) is 0 Å².